The molecule has 1 atom stereocenters. The van der Waals surface area contributed by atoms with Crippen LogP contribution in [-0.4, -0.2) is 17.0 Å². The Labute approximate surface area is 79.6 Å². The number of allylic oxidation sites excluding steroid dienone is 1. The maximum absolute atomic E-state index is 11.4. The molecule has 2 heteroatoms. The molecule has 1 rings (SSSR count). The second-order valence-electron chi connectivity index (χ2n) is 3.72. The molecule has 0 saturated carbocycles. The van der Waals surface area contributed by atoms with Gasteiger partial charge in [0.15, 0.2) is 5.78 Å². The number of aliphatic hydroxyl groups excluding tert-OH is 1. The van der Waals surface area contributed by atoms with Gasteiger partial charge in [-0.05, 0) is 38.2 Å². The highest BCUT2D eigenvalue weighted by molar-refractivity contribution is 5.98. The number of aliphatic hydroxyl groups is 1. The summed E-state index contributed by atoms with van der Waals surface area (Å²) < 4.78 is 0. The molecule has 0 saturated heterocycles. The van der Waals surface area contributed by atoms with E-state index in [-0.39, 0.29) is 5.78 Å². The van der Waals surface area contributed by atoms with E-state index < -0.39 is 6.10 Å². The summed E-state index contributed by atoms with van der Waals surface area (Å²) in [4.78, 5) is 11.4. The van der Waals surface area contributed by atoms with E-state index in [0.717, 1.165) is 24.8 Å². The van der Waals surface area contributed by atoms with Crippen LogP contribution >= 0.6 is 0 Å². The summed E-state index contributed by atoms with van der Waals surface area (Å²) in [5.41, 5.74) is 0.842. The average Bonchev–Trinajstić information content (AvgIpc) is 2.02. The first kappa shape index (κ1) is 10.5. The van der Waals surface area contributed by atoms with Gasteiger partial charge in [0.05, 0.1) is 0 Å². The standard InChI is InChI=1S/C11H18O2/c1-9(12)11(13)10-7-5-3-2-4-6-8-10/h7,9,12H,2-6,8H2,1H3. The zero-order valence-corrected chi connectivity index (χ0v) is 8.25. The van der Waals surface area contributed by atoms with E-state index in [1.165, 1.54) is 19.3 Å². The molecule has 0 heterocycles. The normalized spacial score (nSPS) is 21.2. The third-order valence-electron chi connectivity index (χ3n) is 2.49. The van der Waals surface area contributed by atoms with Crippen LogP contribution in [0.25, 0.3) is 0 Å². The van der Waals surface area contributed by atoms with Gasteiger partial charge < -0.3 is 5.11 Å². The number of Topliss-reactive ketones (excluding diaryl/α,β-unsaturated/α-hetero) is 1. The first-order valence-corrected chi connectivity index (χ1v) is 5.13. The van der Waals surface area contributed by atoms with Gasteiger partial charge in [-0.25, -0.2) is 0 Å². The van der Waals surface area contributed by atoms with Crippen molar-refractivity contribution in [3.05, 3.63) is 11.6 Å². The Balaban J connectivity index is 2.59. The van der Waals surface area contributed by atoms with E-state index in [2.05, 4.69) is 0 Å². The minimum absolute atomic E-state index is 0.0816. The van der Waals surface area contributed by atoms with Gasteiger partial charge in [-0.15, -0.1) is 0 Å². The van der Waals surface area contributed by atoms with Gasteiger partial charge in [0.25, 0.3) is 0 Å². The first-order chi connectivity index (χ1) is 6.22. The largest absolute Gasteiger partial charge is 0.385 e. The number of ketones is 1. The summed E-state index contributed by atoms with van der Waals surface area (Å²) in [5.74, 6) is -0.0816. The number of carbonyl (C=O) groups is 1. The predicted octanol–water partition coefficient (Wildman–Crippen LogP) is 2.22. The number of hydrogen-bond donors (Lipinski definition) is 1. The molecule has 2 nitrogen and oxygen atoms in total. The molecule has 0 fully saturated rings. The van der Waals surface area contributed by atoms with Gasteiger partial charge >= 0.3 is 0 Å². The SMILES string of the molecule is CC(O)C(=O)C1=CCCCCCC1. The van der Waals surface area contributed by atoms with Crippen molar-refractivity contribution in [2.24, 2.45) is 0 Å². The molecule has 1 unspecified atom stereocenters. The lowest BCUT2D eigenvalue weighted by atomic mass is 9.95. The molecule has 74 valence electrons. The first-order valence-electron chi connectivity index (χ1n) is 5.13. The molecule has 0 amide bonds. The summed E-state index contributed by atoms with van der Waals surface area (Å²) in [6, 6.07) is 0. The van der Waals surface area contributed by atoms with Crippen LogP contribution < -0.4 is 0 Å². The van der Waals surface area contributed by atoms with Crippen molar-refractivity contribution in [1.29, 1.82) is 0 Å². The fraction of sp³-hybridized carbons (Fsp3) is 0.727. The Hall–Kier alpha value is -0.630. The highest BCUT2D eigenvalue weighted by atomic mass is 16.3. The second kappa shape index (κ2) is 5.18. The summed E-state index contributed by atoms with van der Waals surface area (Å²) in [5, 5.41) is 9.14. The fourth-order valence-electron chi connectivity index (χ4n) is 1.68. The average molecular weight is 182 g/mol. The van der Waals surface area contributed by atoms with Crippen molar-refractivity contribution in [1.82, 2.24) is 0 Å². The quantitative estimate of drug-likeness (QED) is 0.711. The van der Waals surface area contributed by atoms with Crippen molar-refractivity contribution in [2.45, 2.75) is 51.6 Å². The van der Waals surface area contributed by atoms with Gasteiger partial charge in [-0.1, -0.05) is 18.9 Å². The van der Waals surface area contributed by atoms with E-state index in [0.29, 0.717) is 0 Å². The van der Waals surface area contributed by atoms with E-state index in [1.54, 1.807) is 6.92 Å². The molecule has 0 aliphatic heterocycles. The summed E-state index contributed by atoms with van der Waals surface area (Å²) in [7, 11) is 0. The van der Waals surface area contributed by atoms with E-state index in [9.17, 15) is 4.79 Å². The lowest BCUT2D eigenvalue weighted by molar-refractivity contribution is -0.122. The van der Waals surface area contributed by atoms with Crippen LogP contribution in [-0.2, 0) is 4.79 Å². The van der Waals surface area contributed by atoms with Gasteiger partial charge in [-0.2, -0.15) is 0 Å². The van der Waals surface area contributed by atoms with Gasteiger partial charge in [-0.3, -0.25) is 4.79 Å². The molecule has 1 N–H and O–H groups in total. The molecule has 0 bridgehead atoms. The van der Waals surface area contributed by atoms with Crippen LogP contribution in [0.4, 0.5) is 0 Å². The monoisotopic (exact) mass is 182 g/mol. The Kier molecular flexibility index (Phi) is 4.16. The van der Waals surface area contributed by atoms with Crippen LogP contribution in [0.2, 0.25) is 0 Å². The zero-order valence-electron chi connectivity index (χ0n) is 8.25. The summed E-state index contributed by atoms with van der Waals surface area (Å²) in [6.45, 7) is 1.54. The Morgan fingerprint density at radius 2 is 2.08 bits per heavy atom. The molecule has 1 aliphatic carbocycles. The van der Waals surface area contributed by atoms with Crippen LogP contribution in [0.5, 0.6) is 0 Å². The summed E-state index contributed by atoms with van der Waals surface area (Å²) >= 11 is 0. The summed E-state index contributed by atoms with van der Waals surface area (Å²) in [6.07, 6.45) is 7.77. The highest BCUT2D eigenvalue weighted by Crippen LogP contribution is 2.18. The molecular weight excluding hydrogens is 164 g/mol. The zero-order chi connectivity index (χ0) is 9.68. The smallest absolute Gasteiger partial charge is 0.186 e. The second-order valence-corrected chi connectivity index (χ2v) is 3.72. The fourth-order valence-corrected chi connectivity index (χ4v) is 1.68. The lowest BCUT2D eigenvalue weighted by Gasteiger charge is -2.11. The Morgan fingerprint density at radius 3 is 2.77 bits per heavy atom. The number of rotatable bonds is 2. The molecule has 1 aliphatic rings. The van der Waals surface area contributed by atoms with Crippen LogP contribution in [0.3, 0.4) is 0 Å². The third-order valence-corrected chi connectivity index (χ3v) is 2.49. The number of carbonyl (C=O) groups excluding carboxylic acids is 1. The van der Waals surface area contributed by atoms with Gasteiger partial charge in [0, 0.05) is 0 Å². The Bertz CT molecular complexity index is 204. The van der Waals surface area contributed by atoms with Crippen LogP contribution in [0.1, 0.15) is 45.4 Å². The van der Waals surface area contributed by atoms with Gasteiger partial charge in [0.1, 0.15) is 6.10 Å². The topological polar surface area (TPSA) is 37.3 Å². The third kappa shape index (κ3) is 3.31. The van der Waals surface area contributed by atoms with E-state index >= 15 is 0 Å². The van der Waals surface area contributed by atoms with Crippen LogP contribution in [0.15, 0.2) is 11.6 Å². The highest BCUT2D eigenvalue weighted by Gasteiger charge is 2.15. The van der Waals surface area contributed by atoms with Crippen molar-refractivity contribution in [3.63, 3.8) is 0 Å². The Morgan fingerprint density at radius 1 is 1.38 bits per heavy atom. The van der Waals surface area contributed by atoms with Crippen molar-refractivity contribution in [2.75, 3.05) is 0 Å². The maximum atomic E-state index is 11.4. The molecule has 0 aromatic rings. The minimum Gasteiger partial charge on any atom is -0.385 e. The van der Waals surface area contributed by atoms with E-state index in [4.69, 9.17) is 5.11 Å². The molecule has 0 aromatic heterocycles. The lowest BCUT2D eigenvalue weighted by Crippen LogP contribution is -2.18. The minimum atomic E-state index is -0.828. The molecule has 0 radical (unpaired) electrons. The van der Waals surface area contributed by atoms with Crippen molar-refractivity contribution < 1.29 is 9.90 Å². The molecular formula is C11H18O2. The molecule has 0 aromatic carbocycles. The van der Waals surface area contributed by atoms with Crippen molar-refractivity contribution >= 4 is 5.78 Å². The van der Waals surface area contributed by atoms with E-state index in [1.807, 2.05) is 6.08 Å². The molecule has 0 spiro atoms. The van der Waals surface area contributed by atoms with Crippen molar-refractivity contribution in [3.8, 4) is 0 Å². The maximum Gasteiger partial charge on any atom is 0.186 e. The van der Waals surface area contributed by atoms with Crippen LogP contribution in [0, 0.1) is 0 Å². The van der Waals surface area contributed by atoms with Gasteiger partial charge in [0.2, 0.25) is 0 Å². The molecule has 13 heavy (non-hydrogen) atoms. The number of hydrogen-bond acceptors (Lipinski definition) is 2. The predicted molar refractivity (Wildman–Crippen MR) is 52.5 cm³/mol.